The minimum absolute atomic E-state index is 0.00786. The third-order valence-corrected chi connectivity index (χ3v) is 4.89. The van der Waals surface area contributed by atoms with Crippen molar-refractivity contribution in [3.63, 3.8) is 0 Å². The van der Waals surface area contributed by atoms with Crippen molar-refractivity contribution < 1.29 is 22.7 Å². The zero-order chi connectivity index (χ0) is 21.6. The van der Waals surface area contributed by atoms with Gasteiger partial charge in [0.25, 0.3) is 0 Å². The Hall–Kier alpha value is -3.50. The lowest BCUT2D eigenvalue weighted by Crippen LogP contribution is -2.25. The second kappa shape index (κ2) is 7.08. The Morgan fingerprint density at radius 2 is 1.93 bits per heavy atom. The first kappa shape index (κ1) is 19.8. The van der Waals surface area contributed by atoms with E-state index in [-0.39, 0.29) is 42.1 Å². The predicted octanol–water partition coefficient (Wildman–Crippen LogP) is 2.89. The number of carbonyl (C=O) groups is 1. The molecule has 4 rings (SSSR count). The quantitative estimate of drug-likeness (QED) is 0.697. The molecule has 0 fully saturated rings. The normalized spacial score (nSPS) is 16.4. The number of halogens is 3. The molecule has 0 amide bonds. The van der Waals surface area contributed by atoms with Gasteiger partial charge in [0, 0.05) is 31.0 Å². The summed E-state index contributed by atoms with van der Waals surface area (Å²) in [6.45, 7) is 1.65. The first-order valence-electron chi connectivity index (χ1n) is 9.01. The van der Waals surface area contributed by atoms with Gasteiger partial charge >= 0.3 is 6.18 Å². The third-order valence-electron chi connectivity index (χ3n) is 4.89. The summed E-state index contributed by atoms with van der Waals surface area (Å²) >= 11 is 0. The summed E-state index contributed by atoms with van der Waals surface area (Å²) in [7, 11) is 1.41. The second-order valence-electron chi connectivity index (χ2n) is 6.91. The monoisotopic (exact) mass is 418 g/mol. The maximum Gasteiger partial charge on any atom is 0.434 e. The van der Waals surface area contributed by atoms with Crippen LogP contribution in [0.15, 0.2) is 24.4 Å². The molecule has 0 aliphatic heterocycles. The average Bonchev–Trinajstić information content (AvgIpc) is 3.13. The molecular weight excluding hydrogens is 401 g/mol. The number of carbonyl (C=O) groups excluding carboxylic acids is 1. The number of imidazole rings is 1. The van der Waals surface area contributed by atoms with Crippen molar-refractivity contribution in [2.45, 2.75) is 31.9 Å². The van der Waals surface area contributed by atoms with E-state index in [2.05, 4.69) is 19.9 Å². The number of anilines is 1. The molecule has 1 aliphatic carbocycles. The number of fused-ring (bicyclic) bond motifs is 1. The molecule has 0 saturated carbocycles. The van der Waals surface area contributed by atoms with Crippen molar-refractivity contribution in [2.24, 2.45) is 0 Å². The number of rotatable bonds is 3. The summed E-state index contributed by atoms with van der Waals surface area (Å²) in [5.74, 6) is -0.389. The molecule has 1 unspecified atom stereocenters. The van der Waals surface area contributed by atoms with Crippen molar-refractivity contribution in [1.82, 2.24) is 24.5 Å². The van der Waals surface area contributed by atoms with E-state index in [1.165, 1.54) is 17.7 Å². The fraction of sp³-hybridized carbons (Fsp3) is 0.316. The molecule has 0 radical (unpaired) electrons. The first-order chi connectivity index (χ1) is 14.2. The Morgan fingerprint density at radius 3 is 2.63 bits per heavy atom. The molecule has 11 heteroatoms. The summed E-state index contributed by atoms with van der Waals surface area (Å²) in [6.07, 6.45) is -3.61. The summed E-state index contributed by atoms with van der Waals surface area (Å²) in [6, 6.07) is 4.72. The summed E-state index contributed by atoms with van der Waals surface area (Å²) < 4.78 is 46.5. The molecule has 0 spiro atoms. The van der Waals surface area contributed by atoms with Gasteiger partial charge in [0.15, 0.2) is 11.5 Å². The van der Waals surface area contributed by atoms with E-state index in [1.54, 1.807) is 19.1 Å². The van der Waals surface area contributed by atoms with Crippen LogP contribution in [0.5, 0.6) is 5.88 Å². The Bertz CT molecular complexity index is 1140. The lowest BCUT2D eigenvalue weighted by atomic mass is 9.84. The van der Waals surface area contributed by atoms with E-state index in [4.69, 9.17) is 10.5 Å². The molecule has 156 valence electrons. The average molecular weight is 418 g/mol. The zero-order valence-electron chi connectivity index (χ0n) is 16.1. The number of hydrogen-bond donors (Lipinski definition) is 1. The number of hydrogen-bond acceptors (Lipinski definition) is 7. The summed E-state index contributed by atoms with van der Waals surface area (Å²) in [5, 5.41) is 0. The van der Waals surface area contributed by atoms with Crippen LogP contribution in [0, 0.1) is 6.92 Å². The van der Waals surface area contributed by atoms with Gasteiger partial charge in [-0.1, -0.05) is 6.07 Å². The van der Waals surface area contributed by atoms with Crippen molar-refractivity contribution in [3.8, 4) is 11.7 Å². The third kappa shape index (κ3) is 3.46. The van der Waals surface area contributed by atoms with E-state index in [1.807, 2.05) is 0 Å². The van der Waals surface area contributed by atoms with Gasteiger partial charge in [-0.15, -0.1) is 0 Å². The predicted molar refractivity (Wildman–Crippen MR) is 99.5 cm³/mol. The number of ketones is 1. The van der Waals surface area contributed by atoms with Crippen LogP contribution in [0.3, 0.4) is 0 Å². The van der Waals surface area contributed by atoms with E-state index in [0.717, 1.165) is 6.20 Å². The Balaban J connectivity index is 1.84. The van der Waals surface area contributed by atoms with Gasteiger partial charge in [0.2, 0.25) is 11.8 Å². The van der Waals surface area contributed by atoms with Gasteiger partial charge in [0.1, 0.15) is 11.6 Å². The second-order valence-corrected chi connectivity index (χ2v) is 6.91. The maximum atomic E-state index is 13.4. The number of pyridine rings is 1. The van der Waals surface area contributed by atoms with Crippen LogP contribution in [0.1, 0.15) is 45.6 Å². The molecule has 3 heterocycles. The largest absolute Gasteiger partial charge is 0.481 e. The smallest absolute Gasteiger partial charge is 0.434 e. The van der Waals surface area contributed by atoms with Gasteiger partial charge in [0.05, 0.1) is 24.1 Å². The number of nitrogens with zero attached hydrogens (tertiary/aromatic N) is 5. The van der Waals surface area contributed by atoms with Crippen molar-refractivity contribution in [3.05, 3.63) is 52.9 Å². The number of nitrogens with two attached hydrogens (primary N) is 1. The number of aryl methyl sites for hydroxylation is 1. The number of aromatic nitrogens is 5. The van der Waals surface area contributed by atoms with Crippen LogP contribution < -0.4 is 10.5 Å². The Kier molecular flexibility index (Phi) is 4.67. The SMILES string of the molecule is COc1cccc(-n2cc(C(F)(F)F)nc2C2CC(=O)c3c(C)nc(N)nc3C2)n1. The van der Waals surface area contributed by atoms with E-state index >= 15 is 0 Å². The molecule has 30 heavy (non-hydrogen) atoms. The van der Waals surface area contributed by atoms with Gasteiger partial charge in [-0.05, 0) is 13.0 Å². The molecule has 3 aromatic rings. The zero-order valence-corrected chi connectivity index (χ0v) is 16.1. The fourth-order valence-electron chi connectivity index (χ4n) is 3.63. The number of methoxy groups -OCH3 is 1. The van der Waals surface area contributed by atoms with Gasteiger partial charge in [-0.2, -0.15) is 18.2 Å². The maximum absolute atomic E-state index is 13.4. The van der Waals surface area contributed by atoms with Crippen molar-refractivity contribution in [1.29, 1.82) is 0 Å². The Labute approximate surface area is 169 Å². The highest BCUT2D eigenvalue weighted by molar-refractivity contribution is 5.99. The number of alkyl halides is 3. The van der Waals surface area contributed by atoms with Gasteiger partial charge in [-0.25, -0.2) is 15.0 Å². The van der Waals surface area contributed by atoms with Crippen LogP contribution in [0.25, 0.3) is 5.82 Å². The van der Waals surface area contributed by atoms with Gasteiger partial charge in [-0.3, -0.25) is 9.36 Å². The van der Waals surface area contributed by atoms with E-state index in [9.17, 15) is 18.0 Å². The molecule has 0 saturated heterocycles. The molecule has 0 bridgehead atoms. The molecular formula is C19H17F3N6O2. The van der Waals surface area contributed by atoms with E-state index < -0.39 is 17.8 Å². The topological polar surface area (TPSA) is 109 Å². The van der Waals surface area contributed by atoms with E-state index in [0.29, 0.717) is 17.0 Å². The number of Topliss-reactive ketones (excluding diaryl/α,β-unsaturated/α-hetero) is 1. The van der Waals surface area contributed by atoms with Crippen molar-refractivity contribution >= 4 is 11.7 Å². The van der Waals surface area contributed by atoms with Crippen LogP contribution in [0.4, 0.5) is 19.1 Å². The molecule has 0 aromatic carbocycles. The highest BCUT2D eigenvalue weighted by Crippen LogP contribution is 2.36. The summed E-state index contributed by atoms with van der Waals surface area (Å²) in [5.41, 5.74) is 5.86. The van der Waals surface area contributed by atoms with Crippen LogP contribution in [-0.2, 0) is 12.6 Å². The molecule has 1 atom stereocenters. The van der Waals surface area contributed by atoms with Crippen LogP contribution >= 0.6 is 0 Å². The standard InChI is InChI=1S/C19H17F3N6O2/c1-9-16-11(25-18(23)24-9)6-10(7-12(16)29)17-26-13(19(20,21)22)8-28(17)14-4-3-5-15(27-14)30-2/h3-5,8,10H,6-7H2,1-2H3,(H2,23,24,25). The van der Waals surface area contributed by atoms with Gasteiger partial charge < -0.3 is 10.5 Å². The highest BCUT2D eigenvalue weighted by atomic mass is 19.4. The minimum atomic E-state index is -4.65. The number of ether oxygens (including phenoxy) is 1. The van der Waals surface area contributed by atoms with Crippen molar-refractivity contribution in [2.75, 3.05) is 12.8 Å². The lowest BCUT2D eigenvalue weighted by Gasteiger charge is -2.24. The summed E-state index contributed by atoms with van der Waals surface area (Å²) in [4.78, 5) is 28.9. The lowest BCUT2D eigenvalue weighted by molar-refractivity contribution is -0.141. The first-order valence-corrected chi connectivity index (χ1v) is 9.01. The Morgan fingerprint density at radius 1 is 1.17 bits per heavy atom. The molecule has 3 aromatic heterocycles. The van der Waals surface area contributed by atoms with Crippen LogP contribution in [-0.4, -0.2) is 37.4 Å². The molecule has 8 nitrogen and oxygen atoms in total. The van der Waals surface area contributed by atoms with Crippen LogP contribution in [0.2, 0.25) is 0 Å². The number of nitrogen functional groups attached to an aromatic ring is 1. The molecule has 1 aliphatic rings. The minimum Gasteiger partial charge on any atom is -0.481 e. The molecule has 2 N–H and O–H groups in total. The fourth-order valence-corrected chi connectivity index (χ4v) is 3.63. The highest BCUT2D eigenvalue weighted by Gasteiger charge is 2.38.